The lowest BCUT2D eigenvalue weighted by Gasteiger charge is -2.05. The van der Waals surface area contributed by atoms with Crippen LogP contribution in [0.15, 0.2) is 23.7 Å². The highest BCUT2D eigenvalue weighted by Crippen LogP contribution is 2.24. The molecule has 3 heterocycles. The molecule has 0 bridgehead atoms. The molecule has 0 atom stereocenters. The van der Waals surface area contributed by atoms with Gasteiger partial charge in [-0.25, -0.2) is 15.0 Å². The molecule has 3 rings (SSSR count). The Labute approximate surface area is 129 Å². The van der Waals surface area contributed by atoms with Crippen LogP contribution in [0.3, 0.4) is 0 Å². The van der Waals surface area contributed by atoms with Gasteiger partial charge in [-0.2, -0.15) is 5.26 Å². The van der Waals surface area contributed by atoms with Gasteiger partial charge in [0.25, 0.3) is 5.91 Å². The number of pyridine rings is 1. The Morgan fingerprint density at radius 3 is 2.95 bits per heavy atom. The zero-order valence-electron chi connectivity index (χ0n) is 11.5. The Morgan fingerprint density at radius 2 is 2.23 bits per heavy atom. The fraction of sp³-hybridized carbons (Fsp3) is 0.0714. The molecule has 22 heavy (non-hydrogen) atoms. The van der Waals surface area contributed by atoms with Crippen LogP contribution < -0.4 is 11.1 Å². The van der Waals surface area contributed by atoms with Crippen molar-refractivity contribution >= 4 is 39.2 Å². The molecule has 0 aliphatic heterocycles. The van der Waals surface area contributed by atoms with Crippen LogP contribution in [0.25, 0.3) is 10.2 Å². The Hall–Kier alpha value is -3.05. The van der Waals surface area contributed by atoms with E-state index < -0.39 is 0 Å². The van der Waals surface area contributed by atoms with Crippen LogP contribution >= 0.6 is 11.3 Å². The summed E-state index contributed by atoms with van der Waals surface area (Å²) in [7, 11) is 0. The summed E-state index contributed by atoms with van der Waals surface area (Å²) in [6.45, 7) is 1.71. The SMILES string of the molecule is Cc1nc(NC(=O)c2csc3cnc(N)nc23)ccc1C#N. The van der Waals surface area contributed by atoms with E-state index in [2.05, 4.69) is 20.3 Å². The summed E-state index contributed by atoms with van der Waals surface area (Å²) >= 11 is 1.37. The fourth-order valence-corrected chi connectivity index (χ4v) is 2.78. The Balaban J connectivity index is 1.92. The van der Waals surface area contributed by atoms with Gasteiger partial charge in [-0.3, -0.25) is 4.79 Å². The maximum absolute atomic E-state index is 12.4. The molecule has 0 fully saturated rings. The highest BCUT2D eigenvalue weighted by atomic mass is 32.1. The van der Waals surface area contributed by atoms with Crippen LogP contribution in [0.2, 0.25) is 0 Å². The van der Waals surface area contributed by atoms with Crippen molar-refractivity contribution in [1.82, 2.24) is 15.0 Å². The zero-order chi connectivity index (χ0) is 15.7. The van der Waals surface area contributed by atoms with Crippen molar-refractivity contribution in [3.63, 3.8) is 0 Å². The standard InChI is InChI=1S/C14H10N6OS/c1-7-8(4-15)2-3-11(18-7)19-13(21)9-6-22-10-5-17-14(16)20-12(9)10/h2-3,5-6H,1H3,(H2,16,17,20)(H,18,19,21). The number of carbonyl (C=O) groups excluding carboxylic acids is 1. The second-order valence-electron chi connectivity index (χ2n) is 4.49. The molecule has 0 spiro atoms. The van der Waals surface area contributed by atoms with Gasteiger partial charge in [0.05, 0.1) is 33.2 Å². The summed E-state index contributed by atoms with van der Waals surface area (Å²) in [6.07, 6.45) is 1.59. The lowest BCUT2D eigenvalue weighted by molar-refractivity contribution is 0.102. The van der Waals surface area contributed by atoms with Crippen LogP contribution in [0.1, 0.15) is 21.6 Å². The van der Waals surface area contributed by atoms with Crippen molar-refractivity contribution in [1.29, 1.82) is 5.26 Å². The monoisotopic (exact) mass is 310 g/mol. The van der Waals surface area contributed by atoms with Gasteiger partial charge >= 0.3 is 0 Å². The van der Waals surface area contributed by atoms with Gasteiger partial charge in [-0.15, -0.1) is 11.3 Å². The maximum atomic E-state index is 12.4. The number of fused-ring (bicyclic) bond motifs is 1. The van der Waals surface area contributed by atoms with Gasteiger partial charge in [0.1, 0.15) is 11.9 Å². The number of aromatic nitrogens is 3. The summed E-state index contributed by atoms with van der Waals surface area (Å²) in [5.74, 6) is 0.163. The summed E-state index contributed by atoms with van der Waals surface area (Å²) in [4.78, 5) is 24.5. The van der Waals surface area contributed by atoms with Gasteiger partial charge in [0, 0.05) is 5.38 Å². The third-order valence-corrected chi connectivity index (χ3v) is 3.93. The molecule has 3 aromatic heterocycles. The number of aryl methyl sites for hydroxylation is 1. The van der Waals surface area contributed by atoms with E-state index in [1.807, 2.05) is 6.07 Å². The molecule has 0 aliphatic rings. The minimum absolute atomic E-state index is 0.118. The third-order valence-electron chi connectivity index (χ3n) is 3.03. The lowest BCUT2D eigenvalue weighted by Crippen LogP contribution is -2.13. The summed E-state index contributed by atoms with van der Waals surface area (Å²) < 4.78 is 0.781. The first-order chi connectivity index (χ1) is 10.6. The molecule has 8 heteroatoms. The molecule has 0 saturated carbocycles. The number of thiophene rings is 1. The quantitative estimate of drug-likeness (QED) is 0.748. The van der Waals surface area contributed by atoms with E-state index in [9.17, 15) is 4.79 Å². The molecule has 0 saturated heterocycles. The summed E-state index contributed by atoms with van der Waals surface area (Å²) in [5.41, 5.74) is 7.52. The first-order valence-corrected chi connectivity index (χ1v) is 7.15. The topological polar surface area (TPSA) is 118 Å². The number of hydrogen-bond donors (Lipinski definition) is 2. The number of carbonyl (C=O) groups is 1. The van der Waals surface area contributed by atoms with Crippen molar-refractivity contribution in [2.24, 2.45) is 0 Å². The van der Waals surface area contributed by atoms with Crippen molar-refractivity contribution in [3.8, 4) is 6.07 Å². The molecule has 0 aromatic carbocycles. The molecule has 0 unspecified atom stereocenters. The minimum Gasteiger partial charge on any atom is -0.368 e. The van der Waals surface area contributed by atoms with E-state index >= 15 is 0 Å². The first-order valence-electron chi connectivity index (χ1n) is 6.27. The Kier molecular flexibility index (Phi) is 3.40. The van der Waals surface area contributed by atoms with Crippen LogP contribution in [0.5, 0.6) is 0 Å². The zero-order valence-corrected chi connectivity index (χ0v) is 12.3. The molecule has 3 N–H and O–H groups in total. The second kappa shape index (κ2) is 5.38. The molecule has 108 valence electrons. The summed E-state index contributed by atoms with van der Waals surface area (Å²) in [5, 5.41) is 13.3. The Bertz CT molecular complexity index is 927. The number of nitrogens with one attached hydrogen (secondary N) is 1. The van der Waals surface area contributed by atoms with E-state index in [4.69, 9.17) is 11.0 Å². The van der Waals surface area contributed by atoms with Crippen molar-refractivity contribution in [3.05, 3.63) is 40.5 Å². The predicted octanol–water partition coefficient (Wildman–Crippen LogP) is 2.10. The number of nitrogens with zero attached hydrogens (tertiary/aromatic N) is 4. The molecular weight excluding hydrogens is 300 g/mol. The van der Waals surface area contributed by atoms with Crippen molar-refractivity contribution in [2.45, 2.75) is 6.92 Å². The molecule has 7 nitrogen and oxygen atoms in total. The van der Waals surface area contributed by atoms with E-state index in [1.54, 1.807) is 30.6 Å². The smallest absolute Gasteiger partial charge is 0.259 e. The van der Waals surface area contributed by atoms with Gasteiger partial charge in [0.15, 0.2) is 0 Å². The van der Waals surface area contributed by atoms with E-state index in [0.717, 1.165) is 4.70 Å². The number of nitrogens with two attached hydrogens (primary N) is 1. The Morgan fingerprint density at radius 1 is 1.41 bits per heavy atom. The number of nitrogen functional groups attached to an aromatic ring is 1. The normalized spacial score (nSPS) is 10.4. The number of rotatable bonds is 2. The average Bonchev–Trinajstić information content (AvgIpc) is 2.90. The van der Waals surface area contributed by atoms with Crippen LogP contribution in [-0.4, -0.2) is 20.9 Å². The molecule has 0 radical (unpaired) electrons. The van der Waals surface area contributed by atoms with Crippen LogP contribution in [0, 0.1) is 18.3 Å². The van der Waals surface area contributed by atoms with Gasteiger partial charge < -0.3 is 11.1 Å². The number of hydrogen-bond acceptors (Lipinski definition) is 7. The maximum Gasteiger partial charge on any atom is 0.259 e. The minimum atomic E-state index is -0.332. The van der Waals surface area contributed by atoms with Crippen molar-refractivity contribution in [2.75, 3.05) is 11.1 Å². The largest absolute Gasteiger partial charge is 0.368 e. The predicted molar refractivity (Wildman–Crippen MR) is 83.5 cm³/mol. The number of amides is 1. The van der Waals surface area contributed by atoms with Crippen LogP contribution in [0.4, 0.5) is 11.8 Å². The van der Waals surface area contributed by atoms with Crippen molar-refractivity contribution < 1.29 is 4.79 Å². The number of nitriles is 1. The fourth-order valence-electron chi connectivity index (χ4n) is 1.94. The lowest BCUT2D eigenvalue weighted by atomic mass is 10.2. The third kappa shape index (κ3) is 2.45. The summed E-state index contributed by atoms with van der Waals surface area (Å²) in [6, 6.07) is 5.23. The average molecular weight is 310 g/mol. The first kappa shape index (κ1) is 13.9. The molecular formula is C14H10N6OS. The number of anilines is 2. The van der Waals surface area contributed by atoms with Gasteiger partial charge in [-0.05, 0) is 19.1 Å². The van der Waals surface area contributed by atoms with Gasteiger partial charge in [0.2, 0.25) is 5.95 Å². The highest BCUT2D eigenvalue weighted by Gasteiger charge is 2.15. The van der Waals surface area contributed by atoms with Crippen LogP contribution in [-0.2, 0) is 0 Å². The van der Waals surface area contributed by atoms with E-state index in [0.29, 0.717) is 28.2 Å². The second-order valence-corrected chi connectivity index (χ2v) is 5.40. The highest BCUT2D eigenvalue weighted by molar-refractivity contribution is 7.17. The van der Waals surface area contributed by atoms with E-state index in [1.165, 1.54) is 11.3 Å². The molecule has 3 aromatic rings. The molecule has 1 amide bonds. The van der Waals surface area contributed by atoms with E-state index in [-0.39, 0.29) is 11.9 Å². The molecule has 0 aliphatic carbocycles. The van der Waals surface area contributed by atoms with Gasteiger partial charge in [-0.1, -0.05) is 0 Å².